The van der Waals surface area contributed by atoms with Gasteiger partial charge in [0.2, 0.25) is 0 Å². The third-order valence-electron chi connectivity index (χ3n) is 3.56. The van der Waals surface area contributed by atoms with Gasteiger partial charge in [0.1, 0.15) is 5.76 Å². The van der Waals surface area contributed by atoms with Gasteiger partial charge >= 0.3 is 0 Å². The van der Waals surface area contributed by atoms with Gasteiger partial charge in [0.25, 0.3) is 0 Å². The molecule has 0 bridgehead atoms. The van der Waals surface area contributed by atoms with Crippen LogP contribution < -0.4 is 10.6 Å². The summed E-state index contributed by atoms with van der Waals surface area (Å²) < 4.78 is 7.36. The standard InChI is InChI=1S/C18H27N5O.HI/c1-4-9-19-18(21-11-8-17-7-5-13-24-17)20-10-6-12-23-16(3)14-15(2)22-23;/h4-5,7,13-14H,1,6,8-12H2,2-3H3,(H2,19,20,21);1H. The van der Waals surface area contributed by atoms with Gasteiger partial charge in [0, 0.05) is 38.3 Å². The monoisotopic (exact) mass is 457 g/mol. The lowest BCUT2D eigenvalue weighted by Crippen LogP contribution is -2.38. The number of furan rings is 1. The molecule has 7 heteroatoms. The predicted octanol–water partition coefficient (Wildman–Crippen LogP) is 3.06. The SMILES string of the molecule is C=CCNC(=NCCCn1nc(C)cc1C)NCCc1ccco1.I. The summed E-state index contributed by atoms with van der Waals surface area (Å²) in [5.74, 6) is 1.77. The Morgan fingerprint density at radius 1 is 1.40 bits per heavy atom. The first kappa shape index (κ1) is 21.3. The second-order valence-corrected chi connectivity index (χ2v) is 5.66. The lowest BCUT2D eigenvalue weighted by Gasteiger charge is -2.11. The highest BCUT2D eigenvalue weighted by Crippen LogP contribution is 2.02. The van der Waals surface area contributed by atoms with Crippen LogP contribution in [0.2, 0.25) is 0 Å². The van der Waals surface area contributed by atoms with E-state index < -0.39 is 0 Å². The molecule has 138 valence electrons. The Bertz CT molecular complexity index is 648. The van der Waals surface area contributed by atoms with Crippen LogP contribution in [0.4, 0.5) is 0 Å². The zero-order valence-electron chi connectivity index (χ0n) is 15.0. The Hall–Kier alpha value is -1.77. The number of aliphatic imine (C=N–C) groups is 1. The van der Waals surface area contributed by atoms with Gasteiger partial charge in [-0.1, -0.05) is 6.08 Å². The van der Waals surface area contributed by atoms with Crippen LogP contribution in [-0.2, 0) is 13.0 Å². The molecule has 0 amide bonds. The summed E-state index contributed by atoms with van der Waals surface area (Å²) in [6.45, 7) is 10.9. The average Bonchev–Trinajstić information content (AvgIpc) is 3.18. The van der Waals surface area contributed by atoms with Gasteiger partial charge in [-0.2, -0.15) is 5.10 Å². The molecule has 2 aromatic heterocycles. The van der Waals surface area contributed by atoms with E-state index in [4.69, 9.17) is 4.42 Å². The summed E-state index contributed by atoms with van der Waals surface area (Å²) in [6.07, 6.45) is 5.29. The molecule has 0 atom stereocenters. The normalized spacial score (nSPS) is 11.0. The zero-order chi connectivity index (χ0) is 17.2. The molecular weight excluding hydrogens is 429 g/mol. The Labute approximate surface area is 166 Å². The number of nitrogens with zero attached hydrogens (tertiary/aromatic N) is 3. The first-order valence-electron chi connectivity index (χ1n) is 8.35. The van der Waals surface area contributed by atoms with Crippen molar-refractivity contribution in [1.82, 2.24) is 20.4 Å². The molecule has 0 fully saturated rings. The molecule has 0 spiro atoms. The Morgan fingerprint density at radius 3 is 2.88 bits per heavy atom. The summed E-state index contributed by atoms with van der Waals surface area (Å²) in [6, 6.07) is 5.97. The van der Waals surface area contributed by atoms with E-state index in [0.717, 1.165) is 49.9 Å². The zero-order valence-corrected chi connectivity index (χ0v) is 17.3. The van der Waals surface area contributed by atoms with Crippen LogP contribution in [0.3, 0.4) is 0 Å². The smallest absolute Gasteiger partial charge is 0.191 e. The molecule has 0 aliphatic rings. The van der Waals surface area contributed by atoms with Crippen molar-refractivity contribution in [2.24, 2.45) is 4.99 Å². The minimum absolute atomic E-state index is 0. The highest BCUT2D eigenvalue weighted by Gasteiger charge is 2.01. The summed E-state index contributed by atoms with van der Waals surface area (Å²) in [5.41, 5.74) is 2.25. The van der Waals surface area contributed by atoms with E-state index in [2.05, 4.69) is 40.3 Å². The molecule has 6 nitrogen and oxygen atoms in total. The van der Waals surface area contributed by atoms with Gasteiger partial charge in [0.15, 0.2) is 5.96 Å². The van der Waals surface area contributed by atoms with E-state index in [1.165, 1.54) is 5.69 Å². The minimum Gasteiger partial charge on any atom is -0.469 e. The van der Waals surface area contributed by atoms with Gasteiger partial charge in [-0.3, -0.25) is 9.67 Å². The summed E-state index contributed by atoms with van der Waals surface area (Å²) in [5, 5.41) is 11.0. The molecule has 2 rings (SSSR count). The van der Waals surface area contributed by atoms with E-state index in [0.29, 0.717) is 6.54 Å². The number of nitrogens with one attached hydrogen (secondary N) is 2. The van der Waals surface area contributed by atoms with Crippen LogP contribution in [0.5, 0.6) is 0 Å². The molecule has 2 N–H and O–H groups in total. The first-order valence-corrected chi connectivity index (χ1v) is 8.35. The number of rotatable bonds is 9. The summed E-state index contributed by atoms with van der Waals surface area (Å²) >= 11 is 0. The number of aryl methyl sites for hydroxylation is 3. The van der Waals surface area contributed by atoms with Crippen LogP contribution in [-0.4, -0.2) is 35.4 Å². The molecular formula is C18H28IN5O. The van der Waals surface area contributed by atoms with Crippen molar-refractivity contribution in [1.29, 1.82) is 0 Å². The van der Waals surface area contributed by atoms with Crippen LogP contribution in [0.25, 0.3) is 0 Å². The van der Waals surface area contributed by atoms with Crippen LogP contribution in [0, 0.1) is 13.8 Å². The Morgan fingerprint density at radius 2 is 2.24 bits per heavy atom. The van der Waals surface area contributed by atoms with Crippen LogP contribution >= 0.6 is 24.0 Å². The maximum absolute atomic E-state index is 5.33. The van der Waals surface area contributed by atoms with Crippen molar-refractivity contribution in [3.05, 3.63) is 54.3 Å². The van der Waals surface area contributed by atoms with Crippen molar-refractivity contribution in [2.75, 3.05) is 19.6 Å². The van der Waals surface area contributed by atoms with Crippen molar-refractivity contribution >= 4 is 29.9 Å². The number of hydrogen-bond acceptors (Lipinski definition) is 3. The lowest BCUT2D eigenvalue weighted by molar-refractivity contribution is 0.506. The second kappa shape index (κ2) is 11.7. The largest absolute Gasteiger partial charge is 0.469 e. The van der Waals surface area contributed by atoms with Crippen molar-refractivity contribution < 1.29 is 4.42 Å². The highest BCUT2D eigenvalue weighted by atomic mass is 127. The van der Waals surface area contributed by atoms with Gasteiger partial charge in [-0.15, -0.1) is 30.6 Å². The third kappa shape index (κ3) is 7.76. The average molecular weight is 457 g/mol. The van der Waals surface area contributed by atoms with Crippen molar-refractivity contribution in [2.45, 2.75) is 33.2 Å². The fraction of sp³-hybridized carbons (Fsp3) is 0.444. The maximum atomic E-state index is 5.33. The molecule has 2 heterocycles. The molecule has 0 unspecified atom stereocenters. The van der Waals surface area contributed by atoms with E-state index >= 15 is 0 Å². The Kier molecular flexibility index (Phi) is 9.98. The van der Waals surface area contributed by atoms with E-state index in [1.807, 2.05) is 29.8 Å². The van der Waals surface area contributed by atoms with Crippen LogP contribution in [0.1, 0.15) is 23.6 Å². The van der Waals surface area contributed by atoms with E-state index in [-0.39, 0.29) is 24.0 Å². The quantitative estimate of drug-likeness (QED) is 0.200. The molecule has 0 aliphatic heterocycles. The highest BCUT2D eigenvalue weighted by molar-refractivity contribution is 14.0. The fourth-order valence-corrected chi connectivity index (χ4v) is 2.41. The first-order chi connectivity index (χ1) is 11.7. The molecule has 0 saturated carbocycles. The molecule has 0 aromatic carbocycles. The molecule has 0 radical (unpaired) electrons. The van der Waals surface area contributed by atoms with Gasteiger partial charge in [-0.05, 0) is 38.5 Å². The number of aromatic nitrogens is 2. The van der Waals surface area contributed by atoms with Gasteiger partial charge in [-0.25, -0.2) is 0 Å². The number of halogens is 1. The van der Waals surface area contributed by atoms with Crippen molar-refractivity contribution in [3.63, 3.8) is 0 Å². The summed E-state index contributed by atoms with van der Waals surface area (Å²) in [4.78, 5) is 4.61. The number of hydrogen-bond donors (Lipinski definition) is 2. The third-order valence-corrected chi connectivity index (χ3v) is 3.56. The van der Waals surface area contributed by atoms with Crippen molar-refractivity contribution in [3.8, 4) is 0 Å². The molecule has 25 heavy (non-hydrogen) atoms. The summed E-state index contributed by atoms with van der Waals surface area (Å²) in [7, 11) is 0. The Balaban J connectivity index is 0.00000312. The number of guanidine groups is 1. The van der Waals surface area contributed by atoms with E-state index in [9.17, 15) is 0 Å². The second-order valence-electron chi connectivity index (χ2n) is 5.66. The fourth-order valence-electron chi connectivity index (χ4n) is 2.41. The predicted molar refractivity (Wildman–Crippen MR) is 113 cm³/mol. The molecule has 0 aliphatic carbocycles. The lowest BCUT2D eigenvalue weighted by atomic mass is 10.3. The van der Waals surface area contributed by atoms with E-state index in [1.54, 1.807) is 6.26 Å². The van der Waals surface area contributed by atoms with Crippen LogP contribution in [0.15, 0.2) is 46.5 Å². The topological polar surface area (TPSA) is 67.4 Å². The maximum Gasteiger partial charge on any atom is 0.191 e. The van der Waals surface area contributed by atoms with Gasteiger partial charge in [0.05, 0.1) is 12.0 Å². The molecule has 0 saturated heterocycles. The molecule has 2 aromatic rings. The van der Waals surface area contributed by atoms with Gasteiger partial charge < -0.3 is 15.1 Å². The minimum atomic E-state index is 0.